The Morgan fingerprint density at radius 3 is 2.70 bits per heavy atom. The molecule has 172 valence electrons. The summed E-state index contributed by atoms with van der Waals surface area (Å²) < 4.78 is 37.1. The van der Waals surface area contributed by atoms with Gasteiger partial charge in [0.15, 0.2) is 5.65 Å². The molecule has 0 bridgehead atoms. The van der Waals surface area contributed by atoms with Crippen LogP contribution in [-0.4, -0.2) is 69.0 Å². The van der Waals surface area contributed by atoms with Crippen LogP contribution in [0.25, 0.3) is 28.0 Å². The monoisotopic (exact) mass is 453 g/mol. The maximum Gasteiger partial charge on any atom is 0.251 e. The number of imidazole rings is 1. The Labute approximate surface area is 189 Å². The van der Waals surface area contributed by atoms with Crippen molar-refractivity contribution >= 4 is 28.0 Å². The third-order valence-electron chi connectivity index (χ3n) is 6.53. The first kappa shape index (κ1) is 20.3. The van der Waals surface area contributed by atoms with Crippen LogP contribution in [0.4, 0.5) is 14.7 Å². The molecule has 8 nitrogen and oxygen atoms in total. The number of halogens is 2. The third-order valence-corrected chi connectivity index (χ3v) is 6.53. The molecule has 1 atom stereocenters. The Kier molecular flexibility index (Phi) is 4.72. The van der Waals surface area contributed by atoms with E-state index < -0.39 is 5.92 Å². The van der Waals surface area contributed by atoms with Gasteiger partial charge in [-0.25, -0.2) is 23.4 Å². The maximum atomic E-state index is 13.7. The van der Waals surface area contributed by atoms with Gasteiger partial charge in [-0.15, -0.1) is 0 Å². The van der Waals surface area contributed by atoms with Crippen molar-refractivity contribution in [2.45, 2.75) is 31.7 Å². The number of hydrogen-bond acceptors (Lipinski definition) is 6. The van der Waals surface area contributed by atoms with Crippen LogP contribution < -0.4 is 9.91 Å². The number of alkyl halides is 2. The molecular weight excluding hydrogens is 428 g/mol. The zero-order valence-corrected chi connectivity index (χ0v) is 18.4. The summed E-state index contributed by atoms with van der Waals surface area (Å²) in [6.07, 6.45) is 3.33. The second-order valence-corrected chi connectivity index (χ2v) is 8.78. The van der Waals surface area contributed by atoms with Crippen LogP contribution in [0.5, 0.6) is 0 Å². The second-order valence-electron chi connectivity index (χ2n) is 8.78. The van der Waals surface area contributed by atoms with Crippen LogP contribution in [0.3, 0.4) is 0 Å². The van der Waals surface area contributed by atoms with E-state index in [1.807, 2.05) is 27.9 Å². The summed E-state index contributed by atoms with van der Waals surface area (Å²) in [6, 6.07) is 10.3. The SMILES string of the molecule is CC1COCCN1n1c(-n2ccc3ccccc32)nc2cnc(N3CCC(F)(F)CC3)nc21. The Balaban J connectivity index is 1.51. The first-order chi connectivity index (χ1) is 16.0. The highest BCUT2D eigenvalue weighted by Crippen LogP contribution is 2.30. The number of ether oxygens (including phenoxy) is 1. The lowest BCUT2D eigenvalue weighted by molar-refractivity contribution is -0.0222. The molecule has 2 aliphatic rings. The Morgan fingerprint density at radius 2 is 1.88 bits per heavy atom. The van der Waals surface area contributed by atoms with Crippen molar-refractivity contribution in [2.24, 2.45) is 0 Å². The Morgan fingerprint density at radius 1 is 1.06 bits per heavy atom. The predicted octanol–water partition coefficient (Wildman–Crippen LogP) is 3.36. The quantitative estimate of drug-likeness (QED) is 0.474. The standard InChI is InChI=1S/C23H25F2N7O/c1-16-15-33-13-12-31(16)32-20-18(14-26-21(28-20)29-10-7-23(24,25)8-11-29)27-22(32)30-9-6-17-4-2-3-5-19(17)30/h2-6,9,14,16H,7-8,10-13,15H2,1H3. The molecule has 2 aliphatic heterocycles. The molecule has 33 heavy (non-hydrogen) atoms. The summed E-state index contributed by atoms with van der Waals surface area (Å²) in [7, 11) is 0. The third kappa shape index (κ3) is 3.49. The lowest BCUT2D eigenvalue weighted by Crippen LogP contribution is -2.51. The zero-order valence-electron chi connectivity index (χ0n) is 18.4. The van der Waals surface area contributed by atoms with E-state index in [1.54, 1.807) is 6.20 Å². The van der Waals surface area contributed by atoms with E-state index in [1.165, 1.54) is 0 Å². The van der Waals surface area contributed by atoms with E-state index in [4.69, 9.17) is 14.7 Å². The highest BCUT2D eigenvalue weighted by molar-refractivity contribution is 5.82. The van der Waals surface area contributed by atoms with Crippen molar-refractivity contribution < 1.29 is 13.5 Å². The Hall–Kier alpha value is -3.27. The van der Waals surface area contributed by atoms with E-state index in [0.29, 0.717) is 36.9 Å². The molecule has 6 rings (SSSR count). The van der Waals surface area contributed by atoms with Crippen molar-refractivity contribution in [3.05, 3.63) is 42.7 Å². The number of benzene rings is 1. The van der Waals surface area contributed by atoms with Gasteiger partial charge in [-0.1, -0.05) is 18.2 Å². The average molecular weight is 453 g/mol. The fraction of sp³-hybridized carbons (Fsp3) is 0.435. The number of anilines is 1. The van der Waals surface area contributed by atoms with Gasteiger partial charge in [-0.2, -0.15) is 4.98 Å². The van der Waals surface area contributed by atoms with Gasteiger partial charge in [-0.05, 0) is 19.1 Å². The summed E-state index contributed by atoms with van der Waals surface area (Å²) in [5.74, 6) is -1.44. The fourth-order valence-corrected chi connectivity index (χ4v) is 4.69. The molecule has 2 fully saturated rings. The van der Waals surface area contributed by atoms with Gasteiger partial charge in [-0.3, -0.25) is 4.57 Å². The molecule has 1 aromatic carbocycles. The molecule has 0 aliphatic carbocycles. The van der Waals surface area contributed by atoms with Gasteiger partial charge in [0.25, 0.3) is 5.92 Å². The van der Waals surface area contributed by atoms with Crippen molar-refractivity contribution in [1.82, 2.24) is 24.2 Å². The highest BCUT2D eigenvalue weighted by Gasteiger charge is 2.35. The molecule has 3 aromatic heterocycles. The molecule has 0 saturated carbocycles. The number of nitrogens with zero attached hydrogens (tertiary/aromatic N) is 7. The van der Waals surface area contributed by atoms with Gasteiger partial charge in [0.2, 0.25) is 11.9 Å². The maximum absolute atomic E-state index is 13.7. The summed E-state index contributed by atoms with van der Waals surface area (Å²) in [6.45, 7) is 4.47. The normalized spacial score (nSPS) is 21.2. The minimum atomic E-state index is -2.62. The van der Waals surface area contributed by atoms with E-state index >= 15 is 0 Å². The van der Waals surface area contributed by atoms with E-state index in [2.05, 4.69) is 39.7 Å². The number of rotatable bonds is 3. The number of piperidine rings is 1. The van der Waals surface area contributed by atoms with Crippen LogP contribution in [0.1, 0.15) is 19.8 Å². The van der Waals surface area contributed by atoms with Gasteiger partial charge in [0.05, 0.1) is 37.5 Å². The molecule has 10 heteroatoms. The topological polar surface area (TPSA) is 64.2 Å². The zero-order chi connectivity index (χ0) is 22.6. The van der Waals surface area contributed by atoms with E-state index in [0.717, 1.165) is 16.9 Å². The lowest BCUT2D eigenvalue weighted by atomic mass is 10.1. The molecule has 0 amide bonds. The number of para-hydroxylation sites is 1. The largest absolute Gasteiger partial charge is 0.377 e. The van der Waals surface area contributed by atoms with Crippen molar-refractivity contribution in [3.8, 4) is 5.95 Å². The summed E-state index contributed by atoms with van der Waals surface area (Å²) in [4.78, 5) is 16.1. The van der Waals surface area contributed by atoms with Crippen LogP contribution in [0, 0.1) is 0 Å². The van der Waals surface area contributed by atoms with Crippen LogP contribution in [-0.2, 0) is 4.74 Å². The Bertz CT molecular complexity index is 1310. The minimum Gasteiger partial charge on any atom is -0.377 e. The van der Waals surface area contributed by atoms with Crippen molar-refractivity contribution in [3.63, 3.8) is 0 Å². The molecule has 0 spiro atoms. The predicted molar refractivity (Wildman–Crippen MR) is 122 cm³/mol. The smallest absolute Gasteiger partial charge is 0.251 e. The summed E-state index contributed by atoms with van der Waals surface area (Å²) >= 11 is 0. The van der Waals surface area contributed by atoms with Crippen molar-refractivity contribution in [1.29, 1.82) is 0 Å². The molecule has 4 aromatic rings. The van der Waals surface area contributed by atoms with Crippen LogP contribution >= 0.6 is 0 Å². The second kappa shape index (κ2) is 7.65. The van der Waals surface area contributed by atoms with Crippen LogP contribution in [0.15, 0.2) is 42.7 Å². The van der Waals surface area contributed by atoms with Crippen molar-refractivity contribution in [2.75, 3.05) is 42.8 Å². The highest BCUT2D eigenvalue weighted by atomic mass is 19.3. The minimum absolute atomic E-state index is 0.115. The number of morpholine rings is 1. The fourth-order valence-electron chi connectivity index (χ4n) is 4.69. The first-order valence-electron chi connectivity index (χ1n) is 11.3. The van der Waals surface area contributed by atoms with E-state index in [-0.39, 0.29) is 32.0 Å². The molecule has 0 radical (unpaired) electrons. The first-order valence-corrected chi connectivity index (χ1v) is 11.3. The number of fused-ring (bicyclic) bond motifs is 2. The summed E-state index contributed by atoms with van der Waals surface area (Å²) in [5, 5.41) is 3.33. The van der Waals surface area contributed by atoms with E-state index in [9.17, 15) is 8.78 Å². The van der Waals surface area contributed by atoms with Gasteiger partial charge < -0.3 is 14.6 Å². The lowest BCUT2D eigenvalue weighted by Gasteiger charge is -2.36. The number of hydrogen-bond donors (Lipinski definition) is 0. The molecule has 2 saturated heterocycles. The van der Waals surface area contributed by atoms with Crippen LogP contribution in [0.2, 0.25) is 0 Å². The van der Waals surface area contributed by atoms with Gasteiger partial charge in [0.1, 0.15) is 5.52 Å². The molecule has 5 heterocycles. The summed E-state index contributed by atoms with van der Waals surface area (Å²) in [5.41, 5.74) is 2.37. The molecule has 1 unspecified atom stereocenters. The van der Waals surface area contributed by atoms with Gasteiger partial charge in [0, 0.05) is 37.5 Å². The number of aromatic nitrogens is 5. The van der Waals surface area contributed by atoms with Gasteiger partial charge >= 0.3 is 0 Å². The molecule has 0 N–H and O–H groups in total. The molecular formula is C23H25F2N7O. The average Bonchev–Trinajstić information content (AvgIpc) is 3.40.